The molecule has 0 fully saturated rings. The Bertz CT molecular complexity index is 1090. The molecular formula is C22H20ClN5O. The Kier molecular flexibility index (Phi) is 6.36. The number of anilines is 1. The minimum absolute atomic E-state index is 0.257. The van der Waals surface area contributed by atoms with E-state index in [-0.39, 0.29) is 5.91 Å². The van der Waals surface area contributed by atoms with E-state index in [1.165, 1.54) is 12.4 Å². The molecule has 6 nitrogen and oxygen atoms in total. The van der Waals surface area contributed by atoms with Gasteiger partial charge < -0.3 is 11.1 Å². The van der Waals surface area contributed by atoms with Gasteiger partial charge in [0.15, 0.2) is 0 Å². The maximum Gasteiger partial charge on any atom is 0.258 e. The lowest BCUT2D eigenvalue weighted by atomic mass is 10.0. The van der Waals surface area contributed by atoms with Crippen LogP contribution in [-0.2, 0) is 0 Å². The number of amides is 1. The van der Waals surface area contributed by atoms with Gasteiger partial charge in [0.05, 0.1) is 5.56 Å². The molecule has 0 aliphatic carbocycles. The monoisotopic (exact) mass is 405 g/mol. The lowest BCUT2D eigenvalue weighted by molar-refractivity contribution is 0.102. The standard InChI is InChI=1S/C22H20ClN5O/c1-14-7-8-26-13-19(14)22(29)28-21-6-4-16(12-27-21)18-9-15(3-5-20(18)23)17(10-24)11-25-2/h3-13H,24H2,1-2H3,(H,27,28,29). The first kappa shape index (κ1) is 20.2. The lowest BCUT2D eigenvalue weighted by Gasteiger charge is -2.10. The molecule has 3 N–H and O–H groups in total. The first-order chi connectivity index (χ1) is 14.0. The number of halogens is 1. The summed E-state index contributed by atoms with van der Waals surface area (Å²) < 4.78 is 0. The number of hydrogen-bond acceptors (Lipinski definition) is 5. The summed E-state index contributed by atoms with van der Waals surface area (Å²) in [7, 11) is 1.68. The molecule has 29 heavy (non-hydrogen) atoms. The molecule has 0 aliphatic rings. The largest absolute Gasteiger partial charge is 0.404 e. The Labute approximate surface area is 174 Å². The zero-order chi connectivity index (χ0) is 20.8. The highest BCUT2D eigenvalue weighted by Gasteiger charge is 2.11. The molecule has 0 atom stereocenters. The highest BCUT2D eigenvalue weighted by atomic mass is 35.5. The topological polar surface area (TPSA) is 93.3 Å². The minimum Gasteiger partial charge on any atom is -0.404 e. The van der Waals surface area contributed by atoms with Crippen molar-refractivity contribution in [3.8, 4) is 11.1 Å². The predicted molar refractivity (Wildman–Crippen MR) is 118 cm³/mol. The molecule has 0 radical (unpaired) electrons. The second kappa shape index (κ2) is 9.12. The molecule has 1 aromatic carbocycles. The van der Waals surface area contributed by atoms with E-state index in [1.807, 2.05) is 25.1 Å². The summed E-state index contributed by atoms with van der Waals surface area (Å²) in [6.45, 7) is 1.86. The van der Waals surface area contributed by atoms with Crippen LogP contribution in [0.4, 0.5) is 5.82 Å². The average molecular weight is 406 g/mol. The van der Waals surface area contributed by atoms with E-state index < -0.39 is 0 Å². The number of allylic oxidation sites excluding steroid dienone is 1. The van der Waals surface area contributed by atoms with E-state index in [9.17, 15) is 4.79 Å². The molecule has 0 saturated carbocycles. The van der Waals surface area contributed by atoms with Gasteiger partial charge in [0.25, 0.3) is 5.91 Å². The molecule has 2 heterocycles. The van der Waals surface area contributed by atoms with Gasteiger partial charge >= 0.3 is 0 Å². The van der Waals surface area contributed by atoms with Crippen molar-refractivity contribution in [2.45, 2.75) is 6.92 Å². The molecule has 0 unspecified atom stereocenters. The first-order valence-electron chi connectivity index (χ1n) is 8.86. The van der Waals surface area contributed by atoms with Crippen molar-refractivity contribution < 1.29 is 4.79 Å². The summed E-state index contributed by atoms with van der Waals surface area (Å²) >= 11 is 6.39. The Morgan fingerprint density at radius 3 is 2.69 bits per heavy atom. The molecule has 0 spiro atoms. The van der Waals surface area contributed by atoms with Crippen LogP contribution in [0.3, 0.4) is 0 Å². The Hall–Kier alpha value is -3.51. The van der Waals surface area contributed by atoms with Gasteiger partial charge in [0.2, 0.25) is 0 Å². The van der Waals surface area contributed by atoms with Gasteiger partial charge in [-0.25, -0.2) is 4.98 Å². The van der Waals surface area contributed by atoms with Gasteiger partial charge in [0.1, 0.15) is 5.82 Å². The van der Waals surface area contributed by atoms with Crippen LogP contribution in [0.1, 0.15) is 21.5 Å². The van der Waals surface area contributed by atoms with Crippen LogP contribution in [0.25, 0.3) is 16.7 Å². The smallest absolute Gasteiger partial charge is 0.258 e. The summed E-state index contributed by atoms with van der Waals surface area (Å²) in [5.74, 6) is 0.183. The number of nitrogens with zero attached hydrogens (tertiary/aromatic N) is 3. The first-order valence-corrected chi connectivity index (χ1v) is 9.23. The predicted octanol–water partition coefficient (Wildman–Crippen LogP) is 4.36. The average Bonchev–Trinajstić information content (AvgIpc) is 2.73. The summed E-state index contributed by atoms with van der Waals surface area (Å²) in [6.07, 6.45) is 8.03. The summed E-state index contributed by atoms with van der Waals surface area (Å²) in [5, 5.41) is 3.37. The second-order valence-corrected chi connectivity index (χ2v) is 6.69. The highest BCUT2D eigenvalue weighted by molar-refractivity contribution is 6.33. The summed E-state index contributed by atoms with van der Waals surface area (Å²) in [6, 6.07) is 11.0. The summed E-state index contributed by atoms with van der Waals surface area (Å²) in [5.41, 5.74) is 10.4. The molecule has 1 amide bonds. The third-order valence-corrected chi connectivity index (χ3v) is 4.68. The summed E-state index contributed by atoms with van der Waals surface area (Å²) in [4.78, 5) is 24.8. The van der Waals surface area contributed by atoms with Crippen LogP contribution in [0.2, 0.25) is 5.02 Å². The van der Waals surface area contributed by atoms with Crippen LogP contribution >= 0.6 is 11.6 Å². The Balaban J connectivity index is 1.85. The zero-order valence-corrected chi connectivity index (χ0v) is 16.8. The molecule has 2 aromatic heterocycles. The van der Waals surface area contributed by atoms with Crippen molar-refractivity contribution in [2.75, 3.05) is 12.4 Å². The van der Waals surface area contributed by atoms with E-state index in [4.69, 9.17) is 17.3 Å². The van der Waals surface area contributed by atoms with Gasteiger partial charge in [-0.15, -0.1) is 0 Å². The van der Waals surface area contributed by atoms with Crippen molar-refractivity contribution >= 4 is 35.1 Å². The van der Waals surface area contributed by atoms with E-state index in [0.29, 0.717) is 16.4 Å². The van der Waals surface area contributed by atoms with E-state index in [0.717, 1.165) is 27.8 Å². The van der Waals surface area contributed by atoms with Gasteiger partial charge in [-0.2, -0.15) is 0 Å². The SMILES string of the molecule is CN=CC(=CN)c1ccc(Cl)c(-c2ccc(NC(=O)c3cnccc3C)nc2)c1. The Morgan fingerprint density at radius 2 is 2.03 bits per heavy atom. The fourth-order valence-electron chi connectivity index (χ4n) is 2.79. The van der Waals surface area contributed by atoms with E-state index >= 15 is 0 Å². The van der Waals surface area contributed by atoms with Crippen LogP contribution < -0.4 is 11.1 Å². The number of aromatic nitrogens is 2. The number of hydrogen-bond donors (Lipinski definition) is 2. The van der Waals surface area contributed by atoms with Crippen LogP contribution in [0, 0.1) is 6.92 Å². The third kappa shape index (κ3) is 4.67. The maximum absolute atomic E-state index is 12.4. The zero-order valence-electron chi connectivity index (χ0n) is 16.1. The van der Waals surface area contributed by atoms with Gasteiger partial charge in [-0.05, 0) is 48.4 Å². The van der Waals surface area contributed by atoms with Crippen LogP contribution in [0.15, 0.2) is 66.2 Å². The molecule has 0 bridgehead atoms. The molecular weight excluding hydrogens is 386 g/mol. The third-order valence-electron chi connectivity index (χ3n) is 4.35. The number of benzene rings is 1. The highest BCUT2D eigenvalue weighted by Crippen LogP contribution is 2.30. The van der Waals surface area contributed by atoms with Gasteiger partial charge in [-0.3, -0.25) is 14.8 Å². The number of carbonyl (C=O) groups excluding carboxylic acids is 1. The lowest BCUT2D eigenvalue weighted by Crippen LogP contribution is -2.14. The van der Waals surface area contributed by atoms with Crippen molar-refractivity contribution in [1.82, 2.24) is 9.97 Å². The molecule has 0 saturated heterocycles. The fraction of sp³-hybridized carbons (Fsp3) is 0.0909. The maximum atomic E-state index is 12.4. The van der Waals surface area contributed by atoms with Gasteiger partial charge in [-0.1, -0.05) is 17.7 Å². The molecule has 7 heteroatoms. The molecule has 3 aromatic rings. The fourth-order valence-corrected chi connectivity index (χ4v) is 3.02. The van der Waals surface area contributed by atoms with E-state index in [2.05, 4.69) is 20.3 Å². The quantitative estimate of drug-likeness (QED) is 0.617. The van der Waals surface area contributed by atoms with Crippen molar-refractivity contribution in [1.29, 1.82) is 0 Å². The Morgan fingerprint density at radius 1 is 1.21 bits per heavy atom. The van der Waals surface area contributed by atoms with Crippen LogP contribution in [-0.4, -0.2) is 29.1 Å². The van der Waals surface area contributed by atoms with Crippen molar-refractivity contribution in [3.05, 3.63) is 82.9 Å². The number of carbonyl (C=O) groups is 1. The normalized spacial score (nSPS) is 11.6. The molecule has 3 rings (SSSR count). The van der Waals surface area contributed by atoms with Crippen LogP contribution in [0.5, 0.6) is 0 Å². The number of nitrogens with one attached hydrogen (secondary N) is 1. The molecule has 146 valence electrons. The number of aliphatic imine (C=N–C) groups is 1. The van der Waals surface area contributed by atoms with E-state index in [1.54, 1.807) is 43.9 Å². The number of nitrogens with two attached hydrogens (primary N) is 1. The van der Waals surface area contributed by atoms with Crippen molar-refractivity contribution in [2.24, 2.45) is 10.7 Å². The second-order valence-electron chi connectivity index (χ2n) is 6.28. The minimum atomic E-state index is -0.257. The number of pyridine rings is 2. The van der Waals surface area contributed by atoms with Crippen molar-refractivity contribution in [3.63, 3.8) is 0 Å². The molecule has 0 aliphatic heterocycles. The number of aryl methyl sites for hydroxylation is 1. The number of rotatable bonds is 5. The van der Waals surface area contributed by atoms with Gasteiger partial charge in [0, 0.05) is 59.8 Å².